The van der Waals surface area contributed by atoms with Gasteiger partial charge in [-0.05, 0) is 55.3 Å². The Balaban J connectivity index is 1.99. The molecule has 1 fully saturated rings. The minimum Gasteiger partial charge on any atom is -0.444 e. The zero-order valence-electron chi connectivity index (χ0n) is 13.1. The standard InChI is InChI=1S/C16H23BrN2O2/c1-16(2,3)21-15(20)18(4)12-9-10-19(11-12)14-8-6-5-7-13(14)17/h5-8,12H,9-11H2,1-4H3. The number of anilines is 1. The van der Waals surface area contributed by atoms with E-state index in [0.29, 0.717) is 0 Å². The van der Waals surface area contributed by atoms with Crippen LogP contribution in [0, 0.1) is 0 Å². The van der Waals surface area contributed by atoms with Crippen LogP contribution in [0.3, 0.4) is 0 Å². The molecule has 0 spiro atoms. The van der Waals surface area contributed by atoms with Gasteiger partial charge < -0.3 is 14.5 Å². The Morgan fingerprint density at radius 3 is 2.67 bits per heavy atom. The van der Waals surface area contributed by atoms with Crippen LogP contribution in [0.5, 0.6) is 0 Å². The van der Waals surface area contributed by atoms with Gasteiger partial charge in [-0.3, -0.25) is 0 Å². The van der Waals surface area contributed by atoms with Gasteiger partial charge in [-0.2, -0.15) is 0 Å². The summed E-state index contributed by atoms with van der Waals surface area (Å²) < 4.78 is 6.52. The van der Waals surface area contributed by atoms with E-state index in [-0.39, 0.29) is 12.1 Å². The first-order valence-electron chi connectivity index (χ1n) is 7.23. The van der Waals surface area contributed by atoms with Gasteiger partial charge in [0, 0.05) is 24.6 Å². The average Bonchev–Trinajstić information content (AvgIpc) is 2.85. The lowest BCUT2D eigenvalue weighted by molar-refractivity contribution is 0.0238. The summed E-state index contributed by atoms with van der Waals surface area (Å²) in [5, 5.41) is 0. The van der Waals surface area contributed by atoms with Gasteiger partial charge in [0.25, 0.3) is 0 Å². The predicted octanol–water partition coefficient (Wildman–Crippen LogP) is 3.89. The number of carbonyl (C=O) groups is 1. The summed E-state index contributed by atoms with van der Waals surface area (Å²) in [7, 11) is 1.82. The van der Waals surface area contributed by atoms with E-state index in [2.05, 4.69) is 26.9 Å². The molecule has 1 atom stereocenters. The minimum absolute atomic E-state index is 0.187. The van der Waals surface area contributed by atoms with Gasteiger partial charge in [0.15, 0.2) is 0 Å². The van der Waals surface area contributed by atoms with Gasteiger partial charge in [0.2, 0.25) is 0 Å². The molecule has 1 aliphatic heterocycles. The van der Waals surface area contributed by atoms with Crippen LogP contribution in [0.25, 0.3) is 0 Å². The molecule has 0 bridgehead atoms. The molecule has 21 heavy (non-hydrogen) atoms. The third kappa shape index (κ3) is 4.13. The van der Waals surface area contributed by atoms with Crippen LogP contribution >= 0.6 is 15.9 Å². The number of amides is 1. The molecule has 2 rings (SSSR count). The summed E-state index contributed by atoms with van der Waals surface area (Å²) >= 11 is 3.59. The fourth-order valence-electron chi connectivity index (χ4n) is 2.47. The molecule has 0 aliphatic carbocycles. The summed E-state index contributed by atoms with van der Waals surface area (Å²) in [6.07, 6.45) is 0.707. The van der Waals surface area contributed by atoms with Crippen molar-refractivity contribution in [3.63, 3.8) is 0 Å². The molecule has 1 aromatic rings. The van der Waals surface area contributed by atoms with Crippen LogP contribution in [0.15, 0.2) is 28.7 Å². The van der Waals surface area contributed by atoms with Crippen molar-refractivity contribution in [2.24, 2.45) is 0 Å². The summed E-state index contributed by atoms with van der Waals surface area (Å²) in [6, 6.07) is 8.37. The van der Waals surface area contributed by atoms with Gasteiger partial charge in [-0.15, -0.1) is 0 Å². The second-order valence-electron chi connectivity index (χ2n) is 6.43. The van der Waals surface area contributed by atoms with Crippen LogP contribution in [-0.2, 0) is 4.74 Å². The normalized spacial score (nSPS) is 18.7. The molecule has 0 radical (unpaired) electrons. The molecule has 1 aliphatic rings. The van der Waals surface area contributed by atoms with E-state index in [9.17, 15) is 4.79 Å². The van der Waals surface area contributed by atoms with Gasteiger partial charge in [-0.1, -0.05) is 12.1 Å². The van der Waals surface area contributed by atoms with Crippen molar-refractivity contribution < 1.29 is 9.53 Å². The monoisotopic (exact) mass is 354 g/mol. The highest BCUT2D eigenvalue weighted by Gasteiger charge is 2.31. The largest absolute Gasteiger partial charge is 0.444 e. The Kier molecular flexibility index (Phi) is 4.81. The summed E-state index contributed by atoms with van der Waals surface area (Å²) in [6.45, 7) is 7.45. The van der Waals surface area contributed by atoms with E-state index >= 15 is 0 Å². The van der Waals surface area contributed by atoms with Gasteiger partial charge in [0.05, 0.1) is 11.7 Å². The fourth-order valence-corrected chi connectivity index (χ4v) is 3.00. The first-order valence-corrected chi connectivity index (χ1v) is 8.02. The number of carbonyl (C=O) groups excluding carboxylic acids is 1. The molecule has 1 saturated heterocycles. The molecule has 0 saturated carbocycles. The van der Waals surface area contributed by atoms with Crippen LogP contribution in [-0.4, -0.2) is 42.8 Å². The van der Waals surface area contributed by atoms with Gasteiger partial charge >= 0.3 is 6.09 Å². The van der Waals surface area contributed by atoms with Gasteiger partial charge in [0.1, 0.15) is 5.60 Å². The van der Waals surface area contributed by atoms with E-state index in [4.69, 9.17) is 4.74 Å². The minimum atomic E-state index is -0.452. The highest BCUT2D eigenvalue weighted by Crippen LogP contribution is 2.29. The van der Waals surface area contributed by atoms with Crippen LogP contribution < -0.4 is 4.90 Å². The molecular formula is C16H23BrN2O2. The predicted molar refractivity (Wildman–Crippen MR) is 88.8 cm³/mol. The van der Waals surface area contributed by atoms with Crippen molar-refractivity contribution in [1.29, 1.82) is 0 Å². The highest BCUT2D eigenvalue weighted by atomic mass is 79.9. The van der Waals surface area contributed by atoms with Crippen LogP contribution in [0.2, 0.25) is 0 Å². The van der Waals surface area contributed by atoms with E-state index in [1.54, 1.807) is 4.90 Å². The second kappa shape index (κ2) is 6.26. The van der Waals surface area contributed by atoms with E-state index in [1.807, 2.05) is 46.0 Å². The number of halogens is 1. The molecule has 1 unspecified atom stereocenters. The zero-order valence-corrected chi connectivity index (χ0v) is 14.7. The maximum Gasteiger partial charge on any atom is 0.410 e. The Morgan fingerprint density at radius 1 is 1.38 bits per heavy atom. The molecule has 1 amide bonds. The molecule has 116 valence electrons. The number of hydrogen-bond donors (Lipinski definition) is 0. The van der Waals surface area contributed by atoms with E-state index in [0.717, 1.165) is 24.0 Å². The molecule has 1 aromatic carbocycles. The van der Waals surface area contributed by atoms with Crippen molar-refractivity contribution in [1.82, 2.24) is 4.90 Å². The Bertz CT molecular complexity index is 513. The number of nitrogens with zero attached hydrogens (tertiary/aromatic N) is 2. The molecule has 4 nitrogen and oxygen atoms in total. The number of para-hydroxylation sites is 1. The number of ether oxygens (including phenoxy) is 1. The lowest BCUT2D eigenvalue weighted by Gasteiger charge is -2.29. The molecule has 0 N–H and O–H groups in total. The molecule has 5 heteroatoms. The Morgan fingerprint density at radius 2 is 2.05 bits per heavy atom. The first kappa shape index (κ1) is 16.1. The smallest absolute Gasteiger partial charge is 0.410 e. The number of hydrogen-bond acceptors (Lipinski definition) is 3. The number of rotatable bonds is 2. The number of benzene rings is 1. The van der Waals surface area contributed by atoms with Crippen molar-refractivity contribution >= 4 is 27.7 Å². The lowest BCUT2D eigenvalue weighted by atomic mass is 10.2. The van der Waals surface area contributed by atoms with Crippen LogP contribution in [0.1, 0.15) is 27.2 Å². The average molecular weight is 355 g/mol. The third-order valence-corrected chi connectivity index (χ3v) is 4.26. The SMILES string of the molecule is CN(C(=O)OC(C)(C)C)C1CCN(c2ccccc2Br)C1. The van der Waals surface area contributed by atoms with E-state index < -0.39 is 5.60 Å². The molecular weight excluding hydrogens is 332 g/mol. The fraction of sp³-hybridized carbons (Fsp3) is 0.562. The first-order chi connectivity index (χ1) is 9.78. The maximum atomic E-state index is 12.1. The molecule has 0 aromatic heterocycles. The maximum absolute atomic E-state index is 12.1. The van der Waals surface area contributed by atoms with Crippen molar-refractivity contribution in [2.45, 2.75) is 38.8 Å². The topological polar surface area (TPSA) is 32.8 Å². The van der Waals surface area contributed by atoms with Crippen LogP contribution in [0.4, 0.5) is 10.5 Å². The van der Waals surface area contributed by atoms with Crippen molar-refractivity contribution in [2.75, 3.05) is 25.0 Å². The molecule has 1 heterocycles. The number of likely N-dealkylation sites (N-methyl/N-ethyl adjacent to an activating group) is 1. The second-order valence-corrected chi connectivity index (χ2v) is 7.29. The third-order valence-electron chi connectivity index (χ3n) is 3.59. The highest BCUT2D eigenvalue weighted by molar-refractivity contribution is 9.10. The van der Waals surface area contributed by atoms with E-state index in [1.165, 1.54) is 5.69 Å². The lowest BCUT2D eigenvalue weighted by Crippen LogP contribution is -2.42. The summed E-state index contributed by atoms with van der Waals surface area (Å²) in [5.74, 6) is 0. The van der Waals surface area contributed by atoms with Crippen molar-refractivity contribution in [3.8, 4) is 0 Å². The zero-order chi connectivity index (χ0) is 15.6. The summed E-state index contributed by atoms with van der Waals surface area (Å²) in [4.78, 5) is 16.2. The Hall–Kier alpha value is -1.23. The Labute approximate surface area is 135 Å². The quantitative estimate of drug-likeness (QED) is 0.807. The van der Waals surface area contributed by atoms with Crippen molar-refractivity contribution in [3.05, 3.63) is 28.7 Å². The van der Waals surface area contributed by atoms with Gasteiger partial charge in [-0.25, -0.2) is 4.79 Å². The summed E-state index contributed by atoms with van der Waals surface area (Å²) in [5.41, 5.74) is 0.726.